The molecule has 0 saturated carbocycles. The summed E-state index contributed by atoms with van der Waals surface area (Å²) in [4.78, 5) is 26.9. The van der Waals surface area contributed by atoms with E-state index in [1.807, 2.05) is 0 Å². The summed E-state index contributed by atoms with van der Waals surface area (Å²) in [5.41, 5.74) is 0.514. The summed E-state index contributed by atoms with van der Waals surface area (Å²) in [6.45, 7) is 0. The lowest BCUT2D eigenvalue weighted by Crippen LogP contribution is -2.11. The number of anilines is 1. The highest BCUT2D eigenvalue weighted by molar-refractivity contribution is 7.22. The van der Waals surface area contributed by atoms with Crippen molar-refractivity contribution in [3.8, 4) is 0 Å². The number of carboxylic acid groups (broad SMARTS) is 1. The van der Waals surface area contributed by atoms with Gasteiger partial charge in [0.05, 0.1) is 15.8 Å². The van der Waals surface area contributed by atoms with Crippen molar-refractivity contribution in [3.63, 3.8) is 0 Å². The summed E-state index contributed by atoms with van der Waals surface area (Å²) in [7, 11) is 0. The van der Waals surface area contributed by atoms with Crippen LogP contribution in [0.5, 0.6) is 0 Å². The van der Waals surface area contributed by atoms with Gasteiger partial charge >= 0.3 is 12.1 Å². The highest BCUT2D eigenvalue weighted by Gasteiger charge is 2.35. The van der Waals surface area contributed by atoms with E-state index in [-0.39, 0.29) is 10.7 Å². The van der Waals surface area contributed by atoms with Crippen molar-refractivity contribution < 1.29 is 32.3 Å². The van der Waals surface area contributed by atoms with Gasteiger partial charge in [0.1, 0.15) is 0 Å². The fraction of sp³-hybridized carbons (Fsp3) is 0.0714. The molecule has 1 amide bonds. The molecule has 0 spiro atoms. The van der Waals surface area contributed by atoms with Crippen LogP contribution in [0.4, 0.5) is 18.3 Å². The predicted molar refractivity (Wildman–Crippen MR) is 78.2 cm³/mol. The molecular formula is C14H7F3N2O4S. The van der Waals surface area contributed by atoms with Crippen LogP contribution in [0.15, 0.2) is 34.7 Å². The molecule has 1 aromatic carbocycles. The van der Waals surface area contributed by atoms with Crippen LogP contribution in [-0.4, -0.2) is 22.0 Å². The van der Waals surface area contributed by atoms with E-state index in [0.29, 0.717) is 16.3 Å². The number of carboxylic acids is 1. The smallest absolute Gasteiger partial charge is 0.449 e. The molecule has 2 aromatic heterocycles. The molecule has 0 aliphatic heterocycles. The Morgan fingerprint density at radius 2 is 1.96 bits per heavy atom. The van der Waals surface area contributed by atoms with Gasteiger partial charge in [0, 0.05) is 0 Å². The molecule has 0 fully saturated rings. The number of nitrogens with one attached hydrogen (secondary N) is 1. The number of nitrogens with zero attached hydrogens (tertiary/aromatic N) is 1. The number of thiazole rings is 1. The van der Waals surface area contributed by atoms with Gasteiger partial charge in [-0.1, -0.05) is 11.3 Å². The van der Waals surface area contributed by atoms with Crippen molar-refractivity contribution in [3.05, 3.63) is 47.4 Å². The molecule has 0 aliphatic carbocycles. The normalized spacial score (nSPS) is 11.6. The average Bonchev–Trinajstić information content (AvgIpc) is 3.12. The first-order valence-electron chi connectivity index (χ1n) is 6.36. The zero-order valence-electron chi connectivity index (χ0n) is 11.5. The molecule has 0 atom stereocenters. The monoisotopic (exact) mass is 356 g/mol. The SMILES string of the molecule is O=C(O)c1ccc2nc(NC(=O)c3ccc(C(F)(F)F)o3)sc2c1. The van der Waals surface area contributed by atoms with E-state index in [2.05, 4.69) is 14.7 Å². The van der Waals surface area contributed by atoms with E-state index in [1.54, 1.807) is 0 Å². The Morgan fingerprint density at radius 3 is 2.58 bits per heavy atom. The number of benzene rings is 1. The van der Waals surface area contributed by atoms with E-state index in [0.717, 1.165) is 17.4 Å². The number of hydrogen-bond donors (Lipinski definition) is 2. The van der Waals surface area contributed by atoms with Crippen molar-refractivity contribution in [1.82, 2.24) is 4.98 Å². The van der Waals surface area contributed by atoms with Gasteiger partial charge in [0.25, 0.3) is 5.91 Å². The van der Waals surface area contributed by atoms with E-state index in [4.69, 9.17) is 5.11 Å². The molecule has 2 N–H and O–H groups in total. The Labute approximate surface area is 135 Å². The largest absolute Gasteiger partial charge is 0.478 e. The van der Waals surface area contributed by atoms with Gasteiger partial charge in [-0.05, 0) is 30.3 Å². The molecule has 3 aromatic rings. The fourth-order valence-corrected chi connectivity index (χ4v) is 2.78. The van der Waals surface area contributed by atoms with Crippen LogP contribution in [0.2, 0.25) is 0 Å². The second-order valence-electron chi connectivity index (χ2n) is 4.62. The van der Waals surface area contributed by atoms with Crippen molar-refractivity contribution >= 4 is 38.6 Å². The maximum Gasteiger partial charge on any atom is 0.449 e. The van der Waals surface area contributed by atoms with Crippen molar-refractivity contribution in [1.29, 1.82) is 0 Å². The first-order chi connectivity index (χ1) is 11.2. The molecule has 3 rings (SSSR count). The van der Waals surface area contributed by atoms with Gasteiger partial charge < -0.3 is 9.52 Å². The molecule has 0 unspecified atom stereocenters. The first-order valence-corrected chi connectivity index (χ1v) is 7.18. The zero-order chi connectivity index (χ0) is 17.5. The Bertz CT molecular complexity index is 945. The Kier molecular flexibility index (Phi) is 3.76. The molecule has 6 nitrogen and oxygen atoms in total. The lowest BCUT2D eigenvalue weighted by Gasteiger charge is -2.01. The first kappa shape index (κ1) is 16.0. The number of carbonyl (C=O) groups is 2. The Morgan fingerprint density at radius 1 is 1.21 bits per heavy atom. The van der Waals surface area contributed by atoms with Gasteiger partial charge in [0.2, 0.25) is 5.76 Å². The maximum atomic E-state index is 12.5. The van der Waals surface area contributed by atoms with Gasteiger partial charge in [-0.25, -0.2) is 9.78 Å². The summed E-state index contributed by atoms with van der Waals surface area (Å²) in [5.74, 6) is -3.77. The number of furan rings is 1. The van der Waals surface area contributed by atoms with Crippen LogP contribution in [0, 0.1) is 0 Å². The minimum atomic E-state index is -4.68. The number of carbonyl (C=O) groups excluding carboxylic acids is 1. The lowest BCUT2D eigenvalue weighted by molar-refractivity contribution is -0.153. The van der Waals surface area contributed by atoms with Crippen LogP contribution in [0.3, 0.4) is 0 Å². The number of aromatic nitrogens is 1. The van der Waals surface area contributed by atoms with E-state index in [1.165, 1.54) is 18.2 Å². The molecular weight excluding hydrogens is 349 g/mol. The molecule has 24 heavy (non-hydrogen) atoms. The second kappa shape index (κ2) is 5.64. The Balaban J connectivity index is 1.82. The highest BCUT2D eigenvalue weighted by atomic mass is 32.1. The quantitative estimate of drug-likeness (QED) is 0.743. The second-order valence-corrected chi connectivity index (χ2v) is 5.65. The molecule has 0 bridgehead atoms. The number of amides is 1. The van der Waals surface area contributed by atoms with Crippen molar-refractivity contribution in [2.24, 2.45) is 0 Å². The third-order valence-corrected chi connectivity index (χ3v) is 3.90. The number of fused-ring (bicyclic) bond motifs is 1. The summed E-state index contributed by atoms with van der Waals surface area (Å²) in [6, 6.07) is 5.79. The van der Waals surface area contributed by atoms with Gasteiger partial charge in [-0.15, -0.1) is 0 Å². The van der Waals surface area contributed by atoms with Gasteiger partial charge in [-0.3, -0.25) is 10.1 Å². The van der Waals surface area contributed by atoms with Crippen molar-refractivity contribution in [2.45, 2.75) is 6.18 Å². The van der Waals surface area contributed by atoms with E-state index >= 15 is 0 Å². The van der Waals surface area contributed by atoms with E-state index < -0.39 is 29.6 Å². The summed E-state index contributed by atoms with van der Waals surface area (Å²) < 4.78 is 42.3. The zero-order valence-corrected chi connectivity index (χ0v) is 12.4. The minimum absolute atomic E-state index is 0.0601. The number of hydrogen-bond acceptors (Lipinski definition) is 5. The van der Waals surface area contributed by atoms with Crippen LogP contribution in [0.25, 0.3) is 10.2 Å². The third-order valence-electron chi connectivity index (χ3n) is 2.97. The molecule has 0 aliphatic rings. The maximum absolute atomic E-state index is 12.5. The third kappa shape index (κ3) is 3.08. The number of rotatable bonds is 3. The molecule has 10 heteroatoms. The van der Waals surface area contributed by atoms with Gasteiger partial charge in [0.15, 0.2) is 10.9 Å². The number of alkyl halides is 3. The number of aromatic carboxylic acids is 1. The van der Waals surface area contributed by atoms with Crippen LogP contribution in [0.1, 0.15) is 26.7 Å². The summed E-state index contributed by atoms with van der Waals surface area (Å²) in [6.07, 6.45) is -4.68. The predicted octanol–water partition coefficient (Wildman–Crippen LogP) is 3.86. The molecule has 2 heterocycles. The molecule has 124 valence electrons. The van der Waals surface area contributed by atoms with Crippen LogP contribution >= 0.6 is 11.3 Å². The lowest BCUT2D eigenvalue weighted by atomic mass is 10.2. The van der Waals surface area contributed by atoms with Gasteiger partial charge in [-0.2, -0.15) is 13.2 Å². The summed E-state index contributed by atoms with van der Waals surface area (Å²) in [5, 5.41) is 11.4. The summed E-state index contributed by atoms with van der Waals surface area (Å²) >= 11 is 0.994. The molecule has 0 radical (unpaired) electrons. The number of halogens is 3. The fourth-order valence-electron chi connectivity index (χ4n) is 1.88. The van der Waals surface area contributed by atoms with E-state index in [9.17, 15) is 22.8 Å². The minimum Gasteiger partial charge on any atom is -0.478 e. The molecule has 0 saturated heterocycles. The average molecular weight is 356 g/mol. The topological polar surface area (TPSA) is 92.4 Å². The van der Waals surface area contributed by atoms with Crippen molar-refractivity contribution in [2.75, 3.05) is 5.32 Å². The van der Waals surface area contributed by atoms with Crippen LogP contribution in [-0.2, 0) is 6.18 Å². The highest BCUT2D eigenvalue weighted by Crippen LogP contribution is 2.31. The van der Waals surface area contributed by atoms with Crippen LogP contribution < -0.4 is 5.32 Å². The standard InChI is InChI=1S/C14H7F3N2O4S/c15-14(16,17)10-4-3-8(23-10)11(20)19-13-18-7-2-1-6(12(21)22)5-9(7)24-13/h1-5H,(H,21,22)(H,18,19,20). The Hall–Kier alpha value is -2.88.